The van der Waals surface area contributed by atoms with Crippen LogP contribution in [0.5, 0.6) is 0 Å². The van der Waals surface area contributed by atoms with Gasteiger partial charge in [-0.1, -0.05) is 67.1 Å². The Labute approximate surface area is 203 Å². The van der Waals surface area contributed by atoms with Crippen molar-refractivity contribution in [2.24, 2.45) is 0 Å². The van der Waals surface area contributed by atoms with Gasteiger partial charge >= 0.3 is 0 Å². The zero-order valence-corrected chi connectivity index (χ0v) is 20.0. The number of hydrogen-bond donors (Lipinski definition) is 0. The van der Waals surface area contributed by atoms with Crippen LogP contribution < -0.4 is 0 Å². The number of rotatable bonds is 6. The van der Waals surface area contributed by atoms with E-state index in [1.807, 2.05) is 70.5 Å². The molecular formula is C28H36N4O2. The summed E-state index contributed by atoms with van der Waals surface area (Å²) in [6.07, 6.45) is 4.01. The smallest absolute Gasteiger partial charge is 0.236 e. The summed E-state index contributed by atoms with van der Waals surface area (Å²) < 4.78 is 0. The summed E-state index contributed by atoms with van der Waals surface area (Å²) in [6, 6.07) is 20.9. The molecule has 0 bridgehead atoms. The molecule has 2 aliphatic heterocycles. The minimum absolute atomic E-state index is 0.149. The van der Waals surface area contributed by atoms with Gasteiger partial charge in [0.05, 0.1) is 12.5 Å². The molecule has 0 radical (unpaired) electrons. The molecule has 6 heteroatoms. The van der Waals surface area contributed by atoms with Crippen LogP contribution in [0.4, 0.5) is 0 Å². The third-order valence-electron chi connectivity index (χ3n) is 7.81. The van der Waals surface area contributed by atoms with Gasteiger partial charge in [-0.05, 0) is 24.0 Å². The minimum Gasteiger partial charge on any atom is -0.339 e. The third kappa shape index (κ3) is 5.18. The maximum absolute atomic E-state index is 13.6. The van der Waals surface area contributed by atoms with Gasteiger partial charge in [-0.2, -0.15) is 0 Å². The van der Waals surface area contributed by atoms with Crippen LogP contribution in [-0.2, 0) is 9.59 Å². The molecular weight excluding hydrogens is 424 g/mol. The van der Waals surface area contributed by atoms with Gasteiger partial charge in [0.15, 0.2) is 0 Å². The predicted molar refractivity (Wildman–Crippen MR) is 134 cm³/mol. The van der Waals surface area contributed by atoms with Crippen LogP contribution in [0.1, 0.15) is 36.3 Å². The molecule has 2 aromatic rings. The number of carbonyl (C=O) groups excluding carboxylic acids is 2. The quantitative estimate of drug-likeness (QED) is 0.665. The highest BCUT2D eigenvalue weighted by Crippen LogP contribution is 2.28. The average Bonchev–Trinajstić information content (AvgIpc) is 2.85. The topological polar surface area (TPSA) is 47.1 Å². The molecule has 0 spiro atoms. The molecule has 2 saturated heterocycles. The molecule has 3 aliphatic rings. The van der Waals surface area contributed by atoms with Gasteiger partial charge in [0, 0.05) is 58.4 Å². The van der Waals surface area contributed by atoms with E-state index < -0.39 is 0 Å². The zero-order valence-electron chi connectivity index (χ0n) is 20.0. The summed E-state index contributed by atoms with van der Waals surface area (Å²) in [7, 11) is 0. The highest BCUT2D eigenvalue weighted by molar-refractivity contribution is 5.87. The van der Waals surface area contributed by atoms with E-state index in [1.165, 1.54) is 19.3 Å². The minimum atomic E-state index is -0.289. The lowest BCUT2D eigenvalue weighted by Gasteiger charge is -2.43. The average molecular weight is 461 g/mol. The lowest BCUT2D eigenvalue weighted by atomic mass is 9.90. The van der Waals surface area contributed by atoms with E-state index in [9.17, 15) is 9.59 Å². The second-order valence-electron chi connectivity index (χ2n) is 9.86. The molecule has 0 atom stereocenters. The molecule has 34 heavy (non-hydrogen) atoms. The number of hydrogen-bond acceptors (Lipinski definition) is 4. The molecule has 3 fully saturated rings. The van der Waals surface area contributed by atoms with Crippen LogP contribution >= 0.6 is 0 Å². The first-order chi connectivity index (χ1) is 16.7. The first-order valence-electron chi connectivity index (χ1n) is 12.8. The second kappa shape index (κ2) is 10.7. The summed E-state index contributed by atoms with van der Waals surface area (Å²) in [5.41, 5.74) is 2.05. The molecule has 0 N–H and O–H groups in total. The Morgan fingerprint density at radius 3 is 1.74 bits per heavy atom. The normalized spacial score (nSPS) is 20.4. The summed E-state index contributed by atoms with van der Waals surface area (Å²) in [5, 5.41) is 0. The number of nitrogens with zero attached hydrogens (tertiary/aromatic N) is 4. The summed E-state index contributed by atoms with van der Waals surface area (Å²) in [6.45, 7) is 7.01. The summed E-state index contributed by atoms with van der Waals surface area (Å²) >= 11 is 0. The number of carbonyl (C=O) groups is 2. The molecule has 5 rings (SSSR count). The fraction of sp³-hybridized carbons (Fsp3) is 0.500. The van der Waals surface area contributed by atoms with Gasteiger partial charge in [-0.3, -0.25) is 19.4 Å². The van der Waals surface area contributed by atoms with Gasteiger partial charge in [-0.15, -0.1) is 0 Å². The lowest BCUT2D eigenvalue weighted by Crippen LogP contribution is -2.56. The highest BCUT2D eigenvalue weighted by atomic mass is 16.2. The van der Waals surface area contributed by atoms with Crippen LogP contribution in [0.25, 0.3) is 0 Å². The fourth-order valence-corrected chi connectivity index (χ4v) is 5.46. The maximum atomic E-state index is 13.6. The monoisotopic (exact) mass is 460 g/mol. The lowest BCUT2D eigenvalue weighted by molar-refractivity contribution is -0.136. The van der Waals surface area contributed by atoms with Gasteiger partial charge in [0.2, 0.25) is 11.8 Å². The molecule has 6 nitrogen and oxygen atoms in total. The van der Waals surface area contributed by atoms with E-state index in [2.05, 4.69) is 9.80 Å². The van der Waals surface area contributed by atoms with Crippen molar-refractivity contribution >= 4 is 11.8 Å². The van der Waals surface area contributed by atoms with Crippen LogP contribution in [0, 0.1) is 0 Å². The van der Waals surface area contributed by atoms with Gasteiger partial charge < -0.3 is 9.80 Å². The van der Waals surface area contributed by atoms with Crippen molar-refractivity contribution in [3.05, 3.63) is 71.8 Å². The predicted octanol–water partition coefficient (Wildman–Crippen LogP) is 2.66. The molecule has 2 amide bonds. The van der Waals surface area contributed by atoms with Crippen molar-refractivity contribution in [1.82, 2.24) is 19.6 Å². The van der Waals surface area contributed by atoms with Gasteiger partial charge in [-0.25, -0.2) is 0 Å². The third-order valence-corrected chi connectivity index (χ3v) is 7.81. The largest absolute Gasteiger partial charge is 0.339 e. The summed E-state index contributed by atoms with van der Waals surface area (Å²) in [5.74, 6) is 0.0949. The van der Waals surface area contributed by atoms with Crippen molar-refractivity contribution in [1.29, 1.82) is 0 Å². The number of benzene rings is 2. The molecule has 1 aliphatic carbocycles. The SMILES string of the molecule is O=C(CN1CCN(C(=O)C(c2ccccc2)c2ccccc2)CC1)N1CCN(C2CCC2)CC1. The van der Waals surface area contributed by atoms with E-state index >= 15 is 0 Å². The highest BCUT2D eigenvalue weighted by Gasteiger charge is 2.32. The van der Waals surface area contributed by atoms with E-state index in [0.717, 1.165) is 56.4 Å². The van der Waals surface area contributed by atoms with Crippen LogP contribution in [0.15, 0.2) is 60.7 Å². The van der Waals surface area contributed by atoms with E-state index in [1.54, 1.807) is 0 Å². The van der Waals surface area contributed by atoms with Crippen molar-refractivity contribution < 1.29 is 9.59 Å². The van der Waals surface area contributed by atoms with Crippen LogP contribution in [-0.4, -0.2) is 96.4 Å². The molecule has 2 heterocycles. The zero-order chi connectivity index (χ0) is 23.3. The Morgan fingerprint density at radius 1 is 0.706 bits per heavy atom. The molecule has 2 aromatic carbocycles. The molecule has 1 saturated carbocycles. The summed E-state index contributed by atoms with van der Waals surface area (Å²) in [4.78, 5) is 35.3. The van der Waals surface area contributed by atoms with Crippen molar-refractivity contribution in [2.45, 2.75) is 31.2 Å². The first kappa shape index (κ1) is 23.1. The molecule has 180 valence electrons. The molecule has 0 aromatic heterocycles. The van der Waals surface area contributed by atoms with E-state index in [4.69, 9.17) is 0 Å². The Balaban J connectivity index is 1.14. The standard InChI is InChI=1S/C28H36N4O2/c33-26(31-20-18-30(19-21-31)25-12-7-13-25)22-29-14-16-32(17-15-29)28(34)27(23-8-3-1-4-9-23)24-10-5-2-6-11-24/h1-6,8-11,25,27H,7,12-22H2. The number of piperazine rings is 2. The number of amides is 2. The fourth-order valence-electron chi connectivity index (χ4n) is 5.46. The Bertz CT molecular complexity index is 907. The van der Waals surface area contributed by atoms with Gasteiger partial charge in [0.25, 0.3) is 0 Å². The first-order valence-corrected chi connectivity index (χ1v) is 12.8. The van der Waals surface area contributed by atoms with E-state index in [-0.39, 0.29) is 17.7 Å². The van der Waals surface area contributed by atoms with Crippen molar-refractivity contribution in [3.63, 3.8) is 0 Å². The van der Waals surface area contributed by atoms with Crippen molar-refractivity contribution in [2.75, 3.05) is 58.9 Å². The van der Waals surface area contributed by atoms with Crippen LogP contribution in [0.3, 0.4) is 0 Å². The van der Waals surface area contributed by atoms with Gasteiger partial charge in [0.1, 0.15) is 0 Å². The Hall–Kier alpha value is -2.70. The maximum Gasteiger partial charge on any atom is 0.236 e. The van der Waals surface area contributed by atoms with Crippen LogP contribution in [0.2, 0.25) is 0 Å². The Morgan fingerprint density at radius 2 is 1.24 bits per heavy atom. The Kier molecular flexibility index (Phi) is 7.26. The van der Waals surface area contributed by atoms with Crippen molar-refractivity contribution in [3.8, 4) is 0 Å². The van der Waals surface area contributed by atoms with E-state index in [0.29, 0.717) is 19.6 Å². The molecule has 0 unspecified atom stereocenters. The second-order valence-corrected chi connectivity index (χ2v) is 9.86.